The molecule has 1 unspecified atom stereocenters. The number of hydrogen-bond acceptors (Lipinski definition) is 2. The van der Waals surface area contributed by atoms with Gasteiger partial charge in [-0.2, -0.15) is 0 Å². The summed E-state index contributed by atoms with van der Waals surface area (Å²) < 4.78 is 4.97. The Bertz CT molecular complexity index is 90.5. The molecule has 1 aliphatic heterocycles. The number of nitrogens with two attached hydrogens (primary N) is 1. The Morgan fingerprint density at radius 3 is 3.12 bits per heavy atom. The summed E-state index contributed by atoms with van der Waals surface area (Å²) in [5.41, 5.74) is 5.32. The molecule has 0 saturated heterocycles. The molecule has 0 fully saturated rings. The third-order valence-corrected chi connectivity index (χ3v) is 1.29. The topological polar surface area (TPSA) is 35.2 Å². The van der Waals surface area contributed by atoms with E-state index in [0.717, 1.165) is 19.6 Å². The van der Waals surface area contributed by atoms with Gasteiger partial charge in [0.15, 0.2) is 0 Å². The number of hydrogen-bond donors (Lipinski definition) is 1. The van der Waals surface area contributed by atoms with Crippen molar-refractivity contribution >= 4 is 0 Å². The molecule has 0 spiro atoms. The predicted molar refractivity (Wildman–Crippen MR) is 32.3 cm³/mol. The average molecular weight is 113 g/mol. The van der Waals surface area contributed by atoms with Crippen molar-refractivity contribution in [3.63, 3.8) is 0 Å². The molecule has 2 N–H and O–H groups in total. The summed E-state index contributed by atoms with van der Waals surface area (Å²) >= 11 is 0. The first kappa shape index (κ1) is 5.63. The first-order valence-corrected chi connectivity index (χ1v) is 2.92. The van der Waals surface area contributed by atoms with Crippen LogP contribution < -0.4 is 5.73 Å². The van der Waals surface area contributed by atoms with Gasteiger partial charge < -0.3 is 10.5 Å². The van der Waals surface area contributed by atoms with Crippen LogP contribution in [0.15, 0.2) is 12.3 Å². The highest BCUT2D eigenvalue weighted by Gasteiger charge is 2.07. The molecule has 0 bridgehead atoms. The fraction of sp³-hybridized carbons (Fsp3) is 0.667. The summed E-state index contributed by atoms with van der Waals surface area (Å²) in [6.45, 7) is 1.59. The summed E-state index contributed by atoms with van der Waals surface area (Å²) in [6.07, 6.45) is 4.86. The van der Waals surface area contributed by atoms with Gasteiger partial charge >= 0.3 is 0 Å². The molecular weight excluding hydrogens is 102 g/mol. The Morgan fingerprint density at radius 2 is 2.62 bits per heavy atom. The van der Waals surface area contributed by atoms with Gasteiger partial charge in [0.05, 0.1) is 12.9 Å². The lowest BCUT2D eigenvalue weighted by atomic mass is 10.1. The van der Waals surface area contributed by atoms with Gasteiger partial charge in [0, 0.05) is 5.92 Å². The van der Waals surface area contributed by atoms with Gasteiger partial charge in [-0.1, -0.05) is 0 Å². The average Bonchev–Trinajstić information content (AvgIpc) is 2.19. The van der Waals surface area contributed by atoms with Crippen molar-refractivity contribution in [2.75, 3.05) is 13.2 Å². The molecule has 2 nitrogen and oxygen atoms in total. The Kier molecular flexibility index (Phi) is 1.92. The van der Waals surface area contributed by atoms with Gasteiger partial charge in [0.1, 0.15) is 0 Å². The van der Waals surface area contributed by atoms with Gasteiger partial charge in [-0.05, 0) is 19.0 Å². The van der Waals surface area contributed by atoms with Crippen LogP contribution in [-0.2, 0) is 4.74 Å². The predicted octanol–water partition coefficient (Wildman–Crippen LogP) is 0.495. The minimum Gasteiger partial charge on any atom is -0.501 e. The Morgan fingerprint density at radius 1 is 1.75 bits per heavy atom. The van der Waals surface area contributed by atoms with Crippen molar-refractivity contribution in [1.29, 1.82) is 0 Å². The second kappa shape index (κ2) is 2.72. The Hall–Kier alpha value is -0.500. The van der Waals surface area contributed by atoms with Crippen LogP contribution in [0.3, 0.4) is 0 Å². The quantitative estimate of drug-likeness (QED) is 0.565. The lowest BCUT2D eigenvalue weighted by molar-refractivity contribution is 0.245. The molecule has 0 radical (unpaired) electrons. The van der Waals surface area contributed by atoms with Gasteiger partial charge in [-0.3, -0.25) is 0 Å². The molecule has 1 heterocycles. The zero-order chi connectivity index (χ0) is 5.82. The van der Waals surface area contributed by atoms with E-state index in [2.05, 4.69) is 6.08 Å². The largest absolute Gasteiger partial charge is 0.501 e. The highest BCUT2D eigenvalue weighted by atomic mass is 16.5. The number of ether oxygens (including phenoxy) is 1. The highest BCUT2D eigenvalue weighted by Crippen LogP contribution is 2.10. The van der Waals surface area contributed by atoms with E-state index in [-0.39, 0.29) is 0 Å². The van der Waals surface area contributed by atoms with E-state index in [1.165, 1.54) is 0 Å². The van der Waals surface area contributed by atoms with Crippen LogP contribution in [0.5, 0.6) is 0 Å². The third kappa shape index (κ3) is 1.23. The maximum Gasteiger partial charge on any atom is 0.0937 e. The molecule has 0 aromatic rings. The zero-order valence-electron chi connectivity index (χ0n) is 4.84. The van der Waals surface area contributed by atoms with Crippen LogP contribution in [0.1, 0.15) is 6.42 Å². The standard InChI is InChI=1S/C6H11NO/c7-3-1-6-2-4-8-5-6/h2,4,6H,1,3,5,7H2. The van der Waals surface area contributed by atoms with Gasteiger partial charge in [0.2, 0.25) is 0 Å². The second-order valence-electron chi connectivity index (χ2n) is 2.00. The van der Waals surface area contributed by atoms with E-state index in [1.807, 2.05) is 0 Å². The molecule has 0 aromatic heterocycles. The maximum atomic E-state index is 5.32. The van der Waals surface area contributed by atoms with Gasteiger partial charge in [-0.25, -0.2) is 0 Å². The van der Waals surface area contributed by atoms with Gasteiger partial charge in [0.25, 0.3) is 0 Å². The van der Waals surface area contributed by atoms with Crippen molar-refractivity contribution in [1.82, 2.24) is 0 Å². The van der Waals surface area contributed by atoms with Crippen LogP contribution >= 0.6 is 0 Å². The smallest absolute Gasteiger partial charge is 0.0937 e. The van der Waals surface area contributed by atoms with Crippen LogP contribution in [0.25, 0.3) is 0 Å². The van der Waals surface area contributed by atoms with E-state index in [1.54, 1.807) is 6.26 Å². The minimum absolute atomic E-state index is 0.583. The molecule has 1 aliphatic rings. The van der Waals surface area contributed by atoms with Gasteiger partial charge in [-0.15, -0.1) is 0 Å². The minimum atomic E-state index is 0.583. The molecule has 0 aromatic carbocycles. The lowest BCUT2D eigenvalue weighted by Gasteiger charge is -2.00. The molecule has 2 heteroatoms. The molecule has 0 aliphatic carbocycles. The molecule has 46 valence electrons. The molecule has 1 rings (SSSR count). The van der Waals surface area contributed by atoms with Crippen molar-refractivity contribution in [2.45, 2.75) is 6.42 Å². The van der Waals surface area contributed by atoms with Crippen molar-refractivity contribution in [3.8, 4) is 0 Å². The summed E-state index contributed by atoms with van der Waals surface area (Å²) in [7, 11) is 0. The Balaban J connectivity index is 2.16. The van der Waals surface area contributed by atoms with Crippen LogP contribution in [-0.4, -0.2) is 13.2 Å². The second-order valence-corrected chi connectivity index (χ2v) is 2.00. The van der Waals surface area contributed by atoms with Crippen LogP contribution in [0.4, 0.5) is 0 Å². The first-order chi connectivity index (χ1) is 3.93. The maximum absolute atomic E-state index is 5.32. The molecule has 1 atom stereocenters. The fourth-order valence-electron chi connectivity index (χ4n) is 0.795. The summed E-state index contributed by atoms with van der Waals surface area (Å²) in [6, 6.07) is 0. The lowest BCUT2D eigenvalue weighted by Crippen LogP contribution is -2.07. The monoisotopic (exact) mass is 113 g/mol. The zero-order valence-corrected chi connectivity index (χ0v) is 4.84. The Labute approximate surface area is 49.3 Å². The third-order valence-electron chi connectivity index (χ3n) is 1.29. The highest BCUT2D eigenvalue weighted by molar-refractivity contribution is 4.88. The van der Waals surface area contributed by atoms with E-state index < -0.39 is 0 Å². The van der Waals surface area contributed by atoms with Crippen molar-refractivity contribution < 1.29 is 4.74 Å². The van der Waals surface area contributed by atoms with E-state index in [0.29, 0.717) is 5.92 Å². The SMILES string of the molecule is NCCC1C=COC1. The normalized spacial score (nSPS) is 25.9. The van der Waals surface area contributed by atoms with Crippen molar-refractivity contribution in [3.05, 3.63) is 12.3 Å². The molecular formula is C6H11NO. The molecule has 0 saturated carbocycles. The molecule has 0 amide bonds. The van der Waals surface area contributed by atoms with E-state index in [4.69, 9.17) is 10.5 Å². The molecule has 8 heavy (non-hydrogen) atoms. The fourth-order valence-corrected chi connectivity index (χ4v) is 0.795. The summed E-state index contributed by atoms with van der Waals surface area (Å²) in [5, 5.41) is 0. The van der Waals surface area contributed by atoms with E-state index in [9.17, 15) is 0 Å². The first-order valence-electron chi connectivity index (χ1n) is 2.92. The van der Waals surface area contributed by atoms with Crippen molar-refractivity contribution in [2.24, 2.45) is 11.7 Å². The van der Waals surface area contributed by atoms with Crippen LogP contribution in [0, 0.1) is 5.92 Å². The summed E-state index contributed by atoms with van der Waals surface area (Å²) in [4.78, 5) is 0. The summed E-state index contributed by atoms with van der Waals surface area (Å²) in [5.74, 6) is 0.583. The van der Waals surface area contributed by atoms with E-state index >= 15 is 0 Å². The van der Waals surface area contributed by atoms with Crippen LogP contribution in [0.2, 0.25) is 0 Å². The number of rotatable bonds is 2.